The Balaban J connectivity index is 1.55. The van der Waals surface area contributed by atoms with E-state index < -0.39 is 5.41 Å². The molecule has 1 aromatic heterocycles. The Morgan fingerprint density at radius 2 is 1.78 bits per heavy atom. The molecule has 1 aromatic carbocycles. The summed E-state index contributed by atoms with van der Waals surface area (Å²) < 4.78 is 11.1. The molecule has 0 saturated carbocycles. The van der Waals surface area contributed by atoms with Gasteiger partial charge in [-0.15, -0.1) is 0 Å². The summed E-state index contributed by atoms with van der Waals surface area (Å²) in [4.78, 5) is 20.5. The van der Waals surface area contributed by atoms with Gasteiger partial charge in [0.1, 0.15) is 0 Å². The summed E-state index contributed by atoms with van der Waals surface area (Å²) in [5.74, 6) is 0.139. The van der Waals surface area contributed by atoms with Gasteiger partial charge in [0.05, 0.1) is 18.6 Å². The van der Waals surface area contributed by atoms with Gasteiger partial charge in [0.2, 0.25) is 5.91 Å². The van der Waals surface area contributed by atoms with Crippen LogP contribution in [0, 0.1) is 5.41 Å². The molecular weight excluding hydrogens is 402 g/mol. The molecule has 6 nitrogen and oxygen atoms in total. The van der Waals surface area contributed by atoms with E-state index in [1.807, 2.05) is 18.3 Å². The maximum Gasteiger partial charge on any atom is 0.227 e. The topological polar surface area (TPSA) is 63.7 Å². The summed E-state index contributed by atoms with van der Waals surface area (Å²) in [7, 11) is 0. The molecular formula is C26H35N3O3. The van der Waals surface area contributed by atoms with Crippen LogP contribution < -0.4 is 5.32 Å². The Labute approximate surface area is 191 Å². The Hall–Kier alpha value is -2.28. The van der Waals surface area contributed by atoms with E-state index in [4.69, 9.17) is 9.47 Å². The van der Waals surface area contributed by atoms with Crippen LogP contribution >= 0.6 is 0 Å². The Morgan fingerprint density at radius 1 is 1.06 bits per heavy atom. The van der Waals surface area contributed by atoms with Crippen molar-refractivity contribution in [1.29, 1.82) is 0 Å². The standard InChI is InChI=1S/C26H35N3O3/c1-25(2,20-29-12-16-32-17-13-29)28-24(30)26(9-14-31-15-10-26)18-21-6-3-4-8-23(21)22-7-5-11-27-19-22/h3-8,11,19H,9-10,12-18,20H2,1-2H3,(H,28,30). The smallest absolute Gasteiger partial charge is 0.227 e. The van der Waals surface area contributed by atoms with Gasteiger partial charge in [0, 0.05) is 56.3 Å². The second-order valence-electron chi connectivity index (χ2n) is 9.69. The molecule has 0 aliphatic carbocycles. The van der Waals surface area contributed by atoms with Crippen molar-refractivity contribution in [2.24, 2.45) is 5.41 Å². The molecule has 2 fully saturated rings. The lowest BCUT2D eigenvalue weighted by Crippen LogP contribution is -2.58. The van der Waals surface area contributed by atoms with Gasteiger partial charge in [-0.1, -0.05) is 30.3 Å². The molecule has 32 heavy (non-hydrogen) atoms. The molecule has 2 saturated heterocycles. The average Bonchev–Trinajstić information content (AvgIpc) is 2.80. The normalized spacial score (nSPS) is 19.4. The molecule has 1 N–H and O–H groups in total. The third-order valence-corrected chi connectivity index (χ3v) is 6.62. The van der Waals surface area contributed by atoms with Crippen LogP contribution in [0.2, 0.25) is 0 Å². The number of nitrogens with zero attached hydrogens (tertiary/aromatic N) is 2. The van der Waals surface area contributed by atoms with E-state index in [-0.39, 0.29) is 11.4 Å². The number of carbonyl (C=O) groups excluding carboxylic acids is 1. The molecule has 6 heteroatoms. The maximum absolute atomic E-state index is 13.8. The van der Waals surface area contributed by atoms with Crippen LogP contribution in [0.3, 0.4) is 0 Å². The maximum atomic E-state index is 13.8. The minimum atomic E-state index is -0.473. The first kappa shape index (κ1) is 22.9. The van der Waals surface area contributed by atoms with E-state index in [1.165, 1.54) is 5.56 Å². The quantitative estimate of drug-likeness (QED) is 0.720. The first-order valence-electron chi connectivity index (χ1n) is 11.7. The first-order chi connectivity index (χ1) is 15.5. The van der Waals surface area contributed by atoms with Gasteiger partial charge >= 0.3 is 0 Å². The van der Waals surface area contributed by atoms with Gasteiger partial charge in [0.25, 0.3) is 0 Å². The number of nitrogens with one attached hydrogen (secondary N) is 1. The van der Waals surface area contributed by atoms with E-state index in [1.54, 1.807) is 6.20 Å². The van der Waals surface area contributed by atoms with Crippen molar-refractivity contribution in [2.45, 2.75) is 38.6 Å². The lowest BCUT2D eigenvalue weighted by molar-refractivity contribution is -0.138. The molecule has 0 spiro atoms. The zero-order chi connectivity index (χ0) is 22.4. The number of hydrogen-bond acceptors (Lipinski definition) is 5. The first-order valence-corrected chi connectivity index (χ1v) is 11.7. The fourth-order valence-electron chi connectivity index (χ4n) is 4.89. The van der Waals surface area contributed by atoms with Gasteiger partial charge in [-0.25, -0.2) is 0 Å². The lowest BCUT2D eigenvalue weighted by atomic mass is 9.73. The molecule has 2 aromatic rings. The second-order valence-corrected chi connectivity index (χ2v) is 9.69. The highest BCUT2D eigenvalue weighted by Crippen LogP contribution is 2.38. The third-order valence-electron chi connectivity index (χ3n) is 6.62. The fourth-order valence-corrected chi connectivity index (χ4v) is 4.89. The van der Waals surface area contributed by atoms with Crippen molar-refractivity contribution in [3.63, 3.8) is 0 Å². The van der Waals surface area contributed by atoms with Crippen molar-refractivity contribution in [2.75, 3.05) is 46.1 Å². The number of hydrogen-bond donors (Lipinski definition) is 1. The molecule has 0 unspecified atom stereocenters. The Morgan fingerprint density at radius 3 is 2.50 bits per heavy atom. The molecule has 1 amide bonds. The predicted octanol–water partition coefficient (Wildman–Crippen LogP) is 3.31. The highest BCUT2D eigenvalue weighted by molar-refractivity contribution is 5.84. The van der Waals surface area contributed by atoms with Crippen LogP contribution in [0.25, 0.3) is 11.1 Å². The zero-order valence-corrected chi connectivity index (χ0v) is 19.3. The number of pyridine rings is 1. The zero-order valence-electron chi connectivity index (χ0n) is 19.3. The van der Waals surface area contributed by atoms with E-state index in [0.29, 0.717) is 19.6 Å². The summed E-state index contributed by atoms with van der Waals surface area (Å²) in [5, 5.41) is 3.40. The van der Waals surface area contributed by atoms with Gasteiger partial charge < -0.3 is 14.8 Å². The van der Waals surface area contributed by atoms with E-state index >= 15 is 0 Å². The van der Waals surface area contributed by atoms with Gasteiger partial charge in [-0.2, -0.15) is 0 Å². The lowest BCUT2D eigenvalue weighted by Gasteiger charge is -2.41. The number of ether oxygens (including phenoxy) is 2. The number of aromatic nitrogens is 1. The van der Waals surface area contributed by atoms with Crippen LogP contribution in [0.15, 0.2) is 48.8 Å². The molecule has 172 valence electrons. The number of amides is 1. The summed E-state index contributed by atoms with van der Waals surface area (Å²) in [6.45, 7) is 9.65. The average molecular weight is 438 g/mol. The Kier molecular flexibility index (Phi) is 7.23. The number of morpholine rings is 1. The minimum absolute atomic E-state index is 0.139. The van der Waals surface area contributed by atoms with Crippen molar-refractivity contribution in [1.82, 2.24) is 15.2 Å². The van der Waals surface area contributed by atoms with Crippen LogP contribution in [0.5, 0.6) is 0 Å². The van der Waals surface area contributed by atoms with E-state index in [0.717, 1.165) is 56.8 Å². The molecule has 2 aliphatic heterocycles. The van der Waals surface area contributed by atoms with Gasteiger partial charge in [-0.3, -0.25) is 14.7 Å². The van der Waals surface area contributed by atoms with Crippen molar-refractivity contribution >= 4 is 5.91 Å². The fraction of sp³-hybridized carbons (Fsp3) is 0.538. The van der Waals surface area contributed by atoms with E-state index in [2.05, 4.69) is 53.3 Å². The molecule has 2 aliphatic rings. The molecule has 4 rings (SSSR count). The number of carbonyl (C=O) groups is 1. The molecule has 3 heterocycles. The number of benzene rings is 1. The second kappa shape index (κ2) is 10.1. The highest BCUT2D eigenvalue weighted by Gasteiger charge is 2.42. The summed E-state index contributed by atoms with van der Waals surface area (Å²) in [6.07, 6.45) is 5.83. The van der Waals surface area contributed by atoms with Crippen molar-refractivity contribution in [3.05, 3.63) is 54.4 Å². The van der Waals surface area contributed by atoms with Crippen molar-refractivity contribution < 1.29 is 14.3 Å². The monoisotopic (exact) mass is 437 g/mol. The highest BCUT2D eigenvalue weighted by atomic mass is 16.5. The van der Waals surface area contributed by atoms with Gasteiger partial charge in [0.15, 0.2) is 0 Å². The molecule has 0 bridgehead atoms. The van der Waals surface area contributed by atoms with Gasteiger partial charge in [-0.05, 0) is 50.3 Å². The number of rotatable bonds is 7. The van der Waals surface area contributed by atoms with Crippen LogP contribution in [-0.2, 0) is 20.7 Å². The van der Waals surface area contributed by atoms with Crippen LogP contribution in [0.4, 0.5) is 0 Å². The van der Waals surface area contributed by atoms with E-state index in [9.17, 15) is 4.79 Å². The Bertz CT molecular complexity index is 888. The van der Waals surface area contributed by atoms with Crippen LogP contribution in [-0.4, -0.2) is 67.4 Å². The summed E-state index contributed by atoms with van der Waals surface area (Å²) in [6, 6.07) is 12.4. The van der Waals surface area contributed by atoms with Crippen molar-refractivity contribution in [3.8, 4) is 11.1 Å². The largest absolute Gasteiger partial charge is 0.381 e. The summed E-state index contributed by atoms with van der Waals surface area (Å²) in [5.41, 5.74) is 2.62. The van der Waals surface area contributed by atoms with Crippen LogP contribution in [0.1, 0.15) is 32.3 Å². The third kappa shape index (κ3) is 5.55. The minimum Gasteiger partial charge on any atom is -0.381 e. The predicted molar refractivity (Wildman–Crippen MR) is 125 cm³/mol. The SMILES string of the molecule is CC(C)(CN1CCOCC1)NC(=O)C1(Cc2ccccc2-c2cccnc2)CCOCC1. The molecule has 0 atom stereocenters. The summed E-state index contributed by atoms with van der Waals surface area (Å²) >= 11 is 0. The molecule has 0 radical (unpaired) electrons.